The highest BCUT2D eigenvalue weighted by Gasteiger charge is 2.28. The van der Waals surface area contributed by atoms with E-state index in [1.165, 1.54) is 18.2 Å². The van der Waals surface area contributed by atoms with E-state index in [2.05, 4.69) is 21.2 Å². The summed E-state index contributed by atoms with van der Waals surface area (Å²) in [6.07, 6.45) is 1.19. The average molecular weight is 372 g/mol. The Labute approximate surface area is 135 Å². The van der Waals surface area contributed by atoms with E-state index in [-0.39, 0.29) is 12.0 Å². The molecule has 1 aromatic carbocycles. The molecule has 22 heavy (non-hydrogen) atoms. The summed E-state index contributed by atoms with van der Waals surface area (Å²) < 4.78 is 17.8. The first kappa shape index (κ1) is 16.8. The molecule has 0 aliphatic carbocycles. The molecule has 1 aliphatic rings. The van der Waals surface area contributed by atoms with Gasteiger partial charge in [0.25, 0.3) is 0 Å². The number of benzene rings is 1. The van der Waals surface area contributed by atoms with E-state index in [1.54, 1.807) is 0 Å². The summed E-state index contributed by atoms with van der Waals surface area (Å²) >= 11 is 3.08. The number of carbonyl (C=O) groups is 3. The van der Waals surface area contributed by atoms with Crippen molar-refractivity contribution in [2.45, 2.75) is 30.1 Å². The van der Waals surface area contributed by atoms with Crippen LogP contribution in [-0.4, -0.2) is 35.1 Å². The molecule has 7 heteroatoms. The first-order valence-corrected chi connectivity index (χ1v) is 7.80. The topological polar surface area (TPSA) is 72.5 Å². The van der Waals surface area contributed by atoms with Crippen LogP contribution < -0.4 is 5.32 Å². The molecule has 1 saturated heterocycles. The highest BCUT2D eigenvalue weighted by atomic mass is 79.9. The Balaban J connectivity index is 1.87. The summed E-state index contributed by atoms with van der Waals surface area (Å²) in [5, 5.41) is 2.92. The Morgan fingerprint density at radius 3 is 2.82 bits per heavy atom. The van der Waals surface area contributed by atoms with Crippen molar-refractivity contribution < 1.29 is 23.5 Å². The van der Waals surface area contributed by atoms with Crippen LogP contribution in [0.4, 0.5) is 4.39 Å². The zero-order valence-corrected chi connectivity index (χ0v) is 13.3. The van der Waals surface area contributed by atoms with E-state index in [1.807, 2.05) is 0 Å². The molecular weight excluding hydrogens is 357 g/mol. The number of ether oxygens (including phenoxy) is 1. The smallest absolute Gasteiger partial charge is 0.330 e. The molecule has 1 aromatic rings. The maximum Gasteiger partial charge on any atom is 0.330 e. The zero-order valence-electron chi connectivity index (χ0n) is 11.7. The van der Waals surface area contributed by atoms with E-state index >= 15 is 0 Å². The molecule has 0 bridgehead atoms. The maximum absolute atomic E-state index is 13.1. The third-order valence-electron chi connectivity index (χ3n) is 3.30. The molecule has 0 radical (unpaired) electrons. The SMILES string of the molecule is O=C(CC(Br)C(=O)c1cccc(F)c1)OC(=O)[C@@H]1CCCN1. The van der Waals surface area contributed by atoms with Crippen LogP contribution in [0.5, 0.6) is 0 Å². The van der Waals surface area contributed by atoms with Crippen molar-refractivity contribution in [2.24, 2.45) is 0 Å². The minimum atomic E-state index is -0.869. The number of carbonyl (C=O) groups excluding carboxylic acids is 3. The fourth-order valence-electron chi connectivity index (χ4n) is 2.17. The molecule has 1 N–H and O–H groups in total. The lowest BCUT2D eigenvalue weighted by molar-refractivity contribution is -0.160. The molecule has 5 nitrogen and oxygen atoms in total. The van der Waals surface area contributed by atoms with Gasteiger partial charge in [-0.05, 0) is 31.5 Å². The number of Topliss-reactive ketones (excluding diaryl/α,β-unsaturated/α-hetero) is 1. The predicted molar refractivity (Wildman–Crippen MR) is 80.2 cm³/mol. The second kappa shape index (κ2) is 7.60. The van der Waals surface area contributed by atoms with Gasteiger partial charge >= 0.3 is 11.9 Å². The first-order chi connectivity index (χ1) is 10.5. The van der Waals surface area contributed by atoms with Crippen LogP contribution in [0.25, 0.3) is 0 Å². The van der Waals surface area contributed by atoms with E-state index in [9.17, 15) is 18.8 Å². The lowest BCUT2D eigenvalue weighted by Crippen LogP contribution is -2.34. The van der Waals surface area contributed by atoms with Crippen LogP contribution in [0.1, 0.15) is 29.6 Å². The first-order valence-electron chi connectivity index (χ1n) is 6.89. The van der Waals surface area contributed by atoms with Crippen LogP contribution in [0, 0.1) is 5.82 Å². The van der Waals surface area contributed by atoms with Crippen LogP contribution in [-0.2, 0) is 14.3 Å². The molecule has 118 valence electrons. The van der Waals surface area contributed by atoms with Crippen molar-refractivity contribution in [3.8, 4) is 0 Å². The van der Waals surface area contributed by atoms with Gasteiger partial charge in [-0.3, -0.25) is 9.59 Å². The van der Waals surface area contributed by atoms with Crippen LogP contribution in [0.3, 0.4) is 0 Å². The summed E-state index contributed by atoms with van der Waals surface area (Å²) in [6, 6.07) is 4.72. The Bertz CT molecular complexity index is 587. The van der Waals surface area contributed by atoms with Gasteiger partial charge in [-0.1, -0.05) is 28.1 Å². The van der Waals surface area contributed by atoms with Gasteiger partial charge in [-0.25, -0.2) is 9.18 Å². The van der Waals surface area contributed by atoms with Gasteiger partial charge < -0.3 is 10.1 Å². The molecule has 1 fully saturated rings. The largest absolute Gasteiger partial charge is 0.392 e. The Hall–Kier alpha value is -1.60. The normalized spacial score (nSPS) is 18.7. The molecule has 1 unspecified atom stereocenters. The van der Waals surface area contributed by atoms with Crippen molar-refractivity contribution in [1.82, 2.24) is 5.32 Å². The molecule has 2 atom stereocenters. The quantitative estimate of drug-likeness (QED) is 0.370. The highest BCUT2D eigenvalue weighted by Crippen LogP contribution is 2.16. The second-order valence-corrected chi connectivity index (χ2v) is 6.09. The van der Waals surface area contributed by atoms with Gasteiger partial charge in [0.15, 0.2) is 5.78 Å². The molecule has 0 spiro atoms. The van der Waals surface area contributed by atoms with E-state index < -0.39 is 34.4 Å². The summed E-state index contributed by atoms with van der Waals surface area (Å²) in [5.41, 5.74) is 0.151. The number of ketones is 1. The summed E-state index contributed by atoms with van der Waals surface area (Å²) in [4.78, 5) is 34.5. The van der Waals surface area contributed by atoms with Gasteiger partial charge in [0.1, 0.15) is 11.9 Å². The van der Waals surface area contributed by atoms with Crippen molar-refractivity contribution in [3.05, 3.63) is 35.6 Å². The number of rotatable bonds is 5. The maximum atomic E-state index is 13.1. The monoisotopic (exact) mass is 371 g/mol. The van der Waals surface area contributed by atoms with Crippen LogP contribution in [0.15, 0.2) is 24.3 Å². The van der Waals surface area contributed by atoms with Gasteiger partial charge in [0.2, 0.25) is 0 Å². The predicted octanol–water partition coefficient (Wildman–Crippen LogP) is 1.98. The second-order valence-electron chi connectivity index (χ2n) is 4.99. The minimum Gasteiger partial charge on any atom is -0.392 e. The van der Waals surface area contributed by atoms with Gasteiger partial charge in [-0.2, -0.15) is 0 Å². The summed E-state index contributed by atoms with van der Waals surface area (Å²) in [6.45, 7) is 0.715. The van der Waals surface area contributed by atoms with Crippen LogP contribution >= 0.6 is 15.9 Å². The molecule has 1 heterocycles. The highest BCUT2D eigenvalue weighted by molar-refractivity contribution is 9.10. The van der Waals surface area contributed by atoms with E-state index in [0.29, 0.717) is 13.0 Å². The van der Waals surface area contributed by atoms with Crippen LogP contribution in [0.2, 0.25) is 0 Å². The number of halogens is 2. The lowest BCUT2D eigenvalue weighted by atomic mass is 10.1. The van der Waals surface area contributed by atoms with E-state index in [4.69, 9.17) is 4.74 Å². The molecule has 0 amide bonds. The Kier molecular flexibility index (Phi) is 5.79. The Morgan fingerprint density at radius 1 is 1.41 bits per heavy atom. The summed E-state index contributed by atoms with van der Waals surface area (Å²) in [5.74, 6) is -2.38. The van der Waals surface area contributed by atoms with Gasteiger partial charge in [0, 0.05) is 5.56 Å². The van der Waals surface area contributed by atoms with Crippen molar-refractivity contribution in [2.75, 3.05) is 6.54 Å². The molecule has 0 saturated carbocycles. The molecule has 0 aromatic heterocycles. The minimum absolute atomic E-state index is 0.151. The third-order valence-corrected chi connectivity index (χ3v) is 4.04. The molecule has 1 aliphatic heterocycles. The standard InChI is InChI=1S/C15H15BrFNO4/c16-11(14(20)9-3-1-4-10(17)7-9)8-13(19)22-15(21)12-5-2-6-18-12/h1,3-4,7,11-12,18H,2,5-6,8H2/t11?,12-/m0/s1. The fraction of sp³-hybridized carbons (Fsp3) is 0.400. The average Bonchev–Trinajstić information content (AvgIpc) is 3.00. The lowest BCUT2D eigenvalue weighted by Gasteiger charge is -2.11. The Morgan fingerprint density at radius 2 is 2.18 bits per heavy atom. The zero-order chi connectivity index (χ0) is 16.1. The van der Waals surface area contributed by atoms with Gasteiger partial charge in [-0.15, -0.1) is 0 Å². The number of hydrogen-bond donors (Lipinski definition) is 1. The van der Waals surface area contributed by atoms with E-state index in [0.717, 1.165) is 12.5 Å². The number of alkyl halides is 1. The summed E-state index contributed by atoms with van der Waals surface area (Å²) in [7, 11) is 0. The van der Waals surface area contributed by atoms with Crippen molar-refractivity contribution in [3.63, 3.8) is 0 Å². The van der Waals surface area contributed by atoms with Crippen molar-refractivity contribution >= 4 is 33.7 Å². The third kappa shape index (κ3) is 4.45. The number of esters is 2. The molecule has 2 rings (SSSR count). The van der Waals surface area contributed by atoms with Crippen molar-refractivity contribution in [1.29, 1.82) is 0 Å². The fourth-order valence-corrected chi connectivity index (χ4v) is 2.70. The van der Waals surface area contributed by atoms with Gasteiger partial charge in [0.05, 0.1) is 11.2 Å². The number of hydrogen-bond acceptors (Lipinski definition) is 5. The molecular formula is C15H15BrFNO4. The number of nitrogens with one attached hydrogen (secondary N) is 1.